The van der Waals surface area contributed by atoms with Crippen LogP contribution in [-0.2, 0) is 13.0 Å². The zero-order valence-electron chi connectivity index (χ0n) is 13.3. The Labute approximate surface area is 139 Å². The molecule has 0 radical (unpaired) electrons. The Morgan fingerprint density at radius 3 is 2.83 bits per heavy atom. The van der Waals surface area contributed by atoms with Crippen LogP contribution in [0.2, 0.25) is 0 Å². The number of phenolic OH excluding ortho intramolecular Hbond substituents is 1. The van der Waals surface area contributed by atoms with E-state index in [0.717, 1.165) is 35.7 Å². The van der Waals surface area contributed by atoms with Crippen LogP contribution in [0.4, 0.5) is 8.78 Å². The maximum absolute atomic E-state index is 13.9. The molecule has 0 aliphatic carbocycles. The predicted octanol–water partition coefficient (Wildman–Crippen LogP) is 3.37. The van der Waals surface area contributed by atoms with Gasteiger partial charge in [0.1, 0.15) is 0 Å². The molecule has 0 aromatic heterocycles. The van der Waals surface area contributed by atoms with Crippen LogP contribution in [-0.4, -0.2) is 16.8 Å². The standard InChI is InChI=1S/C19H19F2NO2/c1-11-8-13-6-7-22-17(15(13)9-14(11)10-23)5-3-12-2-4-16(20)19(24)18(12)21/h2-5,8-9,17,22-24H,6-7,10H2,1H3/b5-3+. The molecule has 2 aromatic rings. The van der Waals surface area contributed by atoms with Gasteiger partial charge < -0.3 is 15.5 Å². The van der Waals surface area contributed by atoms with E-state index in [0.29, 0.717) is 0 Å². The number of hydrogen-bond donors (Lipinski definition) is 3. The summed E-state index contributed by atoms with van der Waals surface area (Å²) in [6, 6.07) is 6.23. The number of aliphatic hydroxyl groups excluding tert-OH is 1. The van der Waals surface area contributed by atoms with Crippen molar-refractivity contribution in [2.75, 3.05) is 6.54 Å². The van der Waals surface area contributed by atoms with Gasteiger partial charge in [-0.2, -0.15) is 0 Å². The van der Waals surface area contributed by atoms with Crippen LogP contribution in [0.5, 0.6) is 5.75 Å². The van der Waals surface area contributed by atoms with E-state index in [1.807, 2.05) is 13.0 Å². The molecule has 3 nitrogen and oxygen atoms in total. The predicted molar refractivity (Wildman–Crippen MR) is 88.6 cm³/mol. The molecule has 5 heteroatoms. The Morgan fingerprint density at radius 1 is 1.29 bits per heavy atom. The van der Waals surface area contributed by atoms with Gasteiger partial charge in [0.2, 0.25) is 0 Å². The van der Waals surface area contributed by atoms with E-state index in [4.69, 9.17) is 0 Å². The van der Waals surface area contributed by atoms with E-state index >= 15 is 0 Å². The number of aryl methyl sites for hydroxylation is 1. The first-order valence-corrected chi connectivity index (χ1v) is 7.83. The molecule has 3 N–H and O–H groups in total. The van der Waals surface area contributed by atoms with Crippen LogP contribution in [0.3, 0.4) is 0 Å². The van der Waals surface area contributed by atoms with Crippen molar-refractivity contribution in [2.24, 2.45) is 0 Å². The number of halogens is 2. The van der Waals surface area contributed by atoms with E-state index in [1.54, 1.807) is 6.08 Å². The van der Waals surface area contributed by atoms with Gasteiger partial charge in [-0.3, -0.25) is 0 Å². The van der Waals surface area contributed by atoms with Crippen molar-refractivity contribution >= 4 is 6.08 Å². The highest BCUT2D eigenvalue weighted by atomic mass is 19.1. The third-order valence-corrected chi connectivity index (χ3v) is 4.43. The number of aliphatic hydroxyl groups is 1. The summed E-state index contributed by atoms with van der Waals surface area (Å²) in [7, 11) is 0. The van der Waals surface area contributed by atoms with Crippen LogP contribution >= 0.6 is 0 Å². The fourth-order valence-electron chi connectivity index (χ4n) is 3.04. The van der Waals surface area contributed by atoms with Crippen molar-refractivity contribution in [1.29, 1.82) is 0 Å². The lowest BCUT2D eigenvalue weighted by Crippen LogP contribution is -2.28. The van der Waals surface area contributed by atoms with Gasteiger partial charge in [-0.25, -0.2) is 8.78 Å². The maximum atomic E-state index is 13.9. The lowest BCUT2D eigenvalue weighted by Gasteiger charge is -2.26. The normalized spacial score (nSPS) is 17.2. The molecule has 0 amide bonds. The second kappa shape index (κ2) is 6.71. The molecule has 0 bridgehead atoms. The van der Waals surface area contributed by atoms with Gasteiger partial charge in [-0.1, -0.05) is 24.3 Å². The molecule has 0 fully saturated rings. The number of phenols is 1. The second-order valence-electron chi connectivity index (χ2n) is 5.98. The van der Waals surface area contributed by atoms with Crippen molar-refractivity contribution in [3.05, 3.63) is 69.8 Å². The molecular weight excluding hydrogens is 312 g/mol. The molecule has 0 saturated heterocycles. The summed E-state index contributed by atoms with van der Waals surface area (Å²) in [6.45, 7) is 2.72. The minimum absolute atomic E-state index is 0.0317. The van der Waals surface area contributed by atoms with E-state index in [-0.39, 0.29) is 18.2 Å². The van der Waals surface area contributed by atoms with Crippen LogP contribution in [0.15, 0.2) is 30.3 Å². The van der Waals surface area contributed by atoms with Crippen molar-refractivity contribution in [2.45, 2.75) is 26.0 Å². The topological polar surface area (TPSA) is 52.5 Å². The number of rotatable bonds is 3. The molecular formula is C19H19F2NO2. The molecule has 2 aromatic carbocycles. The van der Waals surface area contributed by atoms with E-state index in [1.165, 1.54) is 17.7 Å². The Hall–Kier alpha value is -2.24. The van der Waals surface area contributed by atoms with Crippen molar-refractivity contribution in [3.8, 4) is 5.75 Å². The highest BCUT2D eigenvalue weighted by Gasteiger charge is 2.19. The molecule has 0 spiro atoms. The van der Waals surface area contributed by atoms with E-state index in [2.05, 4.69) is 11.4 Å². The fourth-order valence-corrected chi connectivity index (χ4v) is 3.04. The Balaban J connectivity index is 1.94. The summed E-state index contributed by atoms with van der Waals surface area (Å²) in [6.07, 6.45) is 4.20. The monoisotopic (exact) mass is 331 g/mol. The Morgan fingerprint density at radius 2 is 2.08 bits per heavy atom. The third kappa shape index (κ3) is 3.05. The molecule has 24 heavy (non-hydrogen) atoms. The molecule has 0 saturated carbocycles. The van der Waals surface area contributed by atoms with Gasteiger partial charge in [0.25, 0.3) is 0 Å². The van der Waals surface area contributed by atoms with Gasteiger partial charge in [-0.05, 0) is 47.7 Å². The average Bonchev–Trinajstić information content (AvgIpc) is 2.58. The molecule has 1 unspecified atom stereocenters. The minimum atomic E-state index is -0.978. The third-order valence-electron chi connectivity index (χ3n) is 4.43. The van der Waals surface area contributed by atoms with Gasteiger partial charge in [0.05, 0.1) is 12.6 Å². The number of benzene rings is 2. The van der Waals surface area contributed by atoms with E-state index in [9.17, 15) is 19.0 Å². The van der Waals surface area contributed by atoms with Gasteiger partial charge >= 0.3 is 0 Å². The first-order chi connectivity index (χ1) is 11.5. The van der Waals surface area contributed by atoms with Crippen molar-refractivity contribution in [3.63, 3.8) is 0 Å². The Kier molecular flexibility index (Phi) is 4.64. The van der Waals surface area contributed by atoms with Crippen molar-refractivity contribution < 1.29 is 19.0 Å². The summed E-state index contributed by atoms with van der Waals surface area (Å²) in [5.74, 6) is -2.91. The molecule has 1 heterocycles. The largest absolute Gasteiger partial charge is 0.503 e. The SMILES string of the molecule is Cc1cc2c(cc1CO)C(/C=C/c1ccc(F)c(O)c1F)NCC2. The molecule has 1 aliphatic rings. The highest BCUT2D eigenvalue weighted by molar-refractivity contribution is 5.55. The average molecular weight is 331 g/mol. The molecule has 126 valence electrons. The second-order valence-corrected chi connectivity index (χ2v) is 5.98. The van der Waals surface area contributed by atoms with Crippen LogP contribution < -0.4 is 5.32 Å². The molecule has 1 atom stereocenters. The lowest BCUT2D eigenvalue weighted by atomic mass is 9.90. The van der Waals surface area contributed by atoms with Crippen LogP contribution in [0.1, 0.15) is 33.9 Å². The van der Waals surface area contributed by atoms with Crippen LogP contribution in [0, 0.1) is 18.6 Å². The zero-order chi connectivity index (χ0) is 17.3. The summed E-state index contributed by atoms with van der Waals surface area (Å²) in [5, 5.41) is 22.1. The summed E-state index contributed by atoms with van der Waals surface area (Å²) < 4.78 is 27.0. The van der Waals surface area contributed by atoms with Gasteiger partial charge in [0.15, 0.2) is 17.4 Å². The molecule has 3 rings (SSSR count). The van der Waals surface area contributed by atoms with Gasteiger partial charge in [-0.15, -0.1) is 0 Å². The summed E-state index contributed by atoms with van der Waals surface area (Å²) in [4.78, 5) is 0. The summed E-state index contributed by atoms with van der Waals surface area (Å²) in [5.41, 5.74) is 4.27. The maximum Gasteiger partial charge on any atom is 0.188 e. The number of aromatic hydroxyl groups is 1. The van der Waals surface area contributed by atoms with Gasteiger partial charge in [0, 0.05) is 12.1 Å². The quantitative estimate of drug-likeness (QED) is 0.808. The fraction of sp³-hybridized carbons (Fsp3) is 0.263. The van der Waals surface area contributed by atoms with E-state index < -0.39 is 17.4 Å². The van der Waals surface area contributed by atoms with Crippen LogP contribution in [0.25, 0.3) is 6.08 Å². The first-order valence-electron chi connectivity index (χ1n) is 7.83. The number of fused-ring (bicyclic) bond motifs is 1. The molecule has 1 aliphatic heterocycles. The number of nitrogens with one attached hydrogen (secondary N) is 1. The Bertz CT molecular complexity index is 802. The highest BCUT2D eigenvalue weighted by Crippen LogP contribution is 2.29. The zero-order valence-corrected chi connectivity index (χ0v) is 13.3. The number of hydrogen-bond acceptors (Lipinski definition) is 3. The lowest BCUT2D eigenvalue weighted by molar-refractivity contribution is 0.280. The smallest absolute Gasteiger partial charge is 0.188 e. The van der Waals surface area contributed by atoms with Crippen molar-refractivity contribution in [1.82, 2.24) is 5.32 Å². The minimum Gasteiger partial charge on any atom is -0.503 e. The first kappa shape index (κ1) is 16.6. The summed E-state index contributed by atoms with van der Waals surface area (Å²) >= 11 is 0.